The molecular weight excluding hydrogens is 258 g/mol. The van der Waals surface area contributed by atoms with Crippen LogP contribution in [0.25, 0.3) is 0 Å². The topological polar surface area (TPSA) is 20.3 Å². The summed E-state index contributed by atoms with van der Waals surface area (Å²) in [5.74, 6) is 0.553. The summed E-state index contributed by atoms with van der Waals surface area (Å²) >= 11 is 5.93. The molecule has 0 radical (unpaired) electrons. The summed E-state index contributed by atoms with van der Waals surface area (Å²) in [5.41, 5.74) is 1.28. The lowest BCUT2D eigenvalue weighted by Crippen LogP contribution is -2.32. The number of halogens is 1. The van der Waals surface area contributed by atoms with Crippen molar-refractivity contribution in [3.63, 3.8) is 0 Å². The van der Waals surface area contributed by atoms with Crippen molar-refractivity contribution in [2.24, 2.45) is 0 Å². The zero-order valence-corrected chi connectivity index (χ0v) is 12.1. The third-order valence-electron chi connectivity index (χ3n) is 3.63. The van der Waals surface area contributed by atoms with Gasteiger partial charge in [0.1, 0.15) is 0 Å². The number of hydrogen-bond acceptors (Lipinski definition) is 1. The molecule has 0 bridgehead atoms. The Labute approximate surface area is 120 Å². The highest BCUT2D eigenvalue weighted by molar-refractivity contribution is 6.30. The lowest BCUT2D eigenvalue weighted by atomic mass is 9.94. The average Bonchev–Trinajstić information content (AvgIpc) is 2.66. The van der Waals surface area contributed by atoms with Crippen LogP contribution in [0.1, 0.15) is 37.7 Å². The molecule has 1 aliphatic rings. The van der Waals surface area contributed by atoms with Crippen LogP contribution in [0, 0.1) is 0 Å². The number of benzene rings is 1. The van der Waals surface area contributed by atoms with E-state index in [0.717, 1.165) is 31.0 Å². The minimum absolute atomic E-state index is 0.128. The van der Waals surface area contributed by atoms with E-state index in [-0.39, 0.29) is 5.91 Å². The van der Waals surface area contributed by atoms with E-state index < -0.39 is 0 Å². The van der Waals surface area contributed by atoms with Gasteiger partial charge in [-0.15, -0.1) is 0 Å². The number of allylic oxidation sites excluding steroid dienone is 1. The first-order valence-electron chi connectivity index (χ1n) is 6.88. The normalized spacial score (nSPS) is 20.5. The maximum Gasteiger partial charge on any atom is 0.246 e. The fourth-order valence-corrected chi connectivity index (χ4v) is 2.72. The third-order valence-corrected chi connectivity index (χ3v) is 3.89. The lowest BCUT2D eigenvalue weighted by Gasteiger charge is -2.23. The molecule has 0 aliphatic carbocycles. The summed E-state index contributed by atoms with van der Waals surface area (Å²) < 4.78 is 0. The molecule has 1 heterocycles. The van der Waals surface area contributed by atoms with Crippen molar-refractivity contribution in [3.8, 4) is 0 Å². The van der Waals surface area contributed by atoms with Crippen LogP contribution in [0.15, 0.2) is 36.4 Å². The van der Waals surface area contributed by atoms with Crippen molar-refractivity contribution in [2.45, 2.75) is 32.1 Å². The van der Waals surface area contributed by atoms with Crippen LogP contribution < -0.4 is 0 Å². The van der Waals surface area contributed by atoms with Crippen LogP contribution in [-0.4, -0.2) is 23.9 Å². The molecule has 0 N–H and O–H groups in total. The monoisotopic (exact) mass is 277 g/mol. The second kappa shape index (κ2) is 6.76. The standard InChI is InChI=1S/C16H20ClNO/c1-2-5-16(19)18-11-4-3-6-14(12-18)13-7-9-15(17)10-8-13/h2,5,7-10,14H,3-4,6,11-12H2,1H3. The van der Waals surface area contributed by atoms with Gasteiger partial charge >= 0.3 is 0 Å². The van der Waals surface area contributed by atoms with E-state index in [4.69, 9.17) is 11.6 Å². The van der Waals surface area contributed by atoms with Gasteiger partial charge in [-0.2, -0.15) is 0 Å². The van der Waals surface area contributed by atoms with Crippen LogP contribution >= 0.6 is 11.6 Å². The van der Waals surface area contributed by atoms with Gasteiger partial charge in [0.15, 0.2) is 0 Å². The third kappa shape index (κ3) is 3.84. The molecule has 0 saturated carbocycles. The quantitative estimate of drug-likeness (QED) is 0.748. The summed E-state index contributed by atoms with van der Waals surface area (Å²) in [6, 6.07) is 8.02. The fraction of sp³-hybridized carbons (Fsp3) is 0.438. The highest BCUT2D eigenvalue weighted by atomic mass is 35.5. The average molecular weight is 278 g/mol. The molecule has 2 nitrogen and oxygen atoms in total. The summed E-state index contributed by atoms with van der Waals surface area (Å²) in [5, 5.41) is 0.763. The Kier molecular flexibility index (Phi) is 5.03. The van der Waals surface area contributed by atoms with Gasteiger partial charge in [0.05, 0.1) is 0 Å². The first-order valence-corrected chi connectivity index (χ1v) is 7.25. The second-order valence-corrected chi connectivity index (χ2v) is 5.46. The van der Waals surface area contributed by atoms with Gasteiger partial charge in [-0.25, -0.2) is 0 Å². The first-order chi connectivity index (χ1) is 9.20. The molecular formula is C16H20ClNO. The van der Waals surface area contributed by atoms with Crippen molar-refractivity contribution in [3.05, 3.63) is 47.0 Å². The van der Waals surface area contributed by atoms with Crippen molar-refractivity contribution < 1.29 is 4.79 Å². The summed E-state index contributed by atoms with van der Waals surface area (Å²) in [7, 11) is 0. The highest BCUT2D eigenvalue weighted by Gasteiger charge is 2.21. The minimum Gasteiger partial charge on any atom is -0.339 e. The number of amides is 1. The molecule has 19 heavy (non-hydrogen) atoms. The van der Waals surface area contributed by atoms with Gasteiger partial charge in [-0.3, -0.25) is 4.79 Å². The molecule has 1 atom stereocenters. The molecule has 1 aromatic rings. The molecule has 1 aliphatic heterocycles. The van der Waals surface area contributed by atoms with Crippen LogP contribution in [0.3, 0.4) is 0 Å². The molecule has 1 fully saturated rings. The molecule has 3 heteroatoms. The van der Waals surface area contributed by atoms with Gasteiger partial charge in [-0.1, -0.05) is 36.2 Å². The highest BCUT2D eigenvalue weighted by Crippen LogP contribution is 2.27. The number of carbonyl (C=O) groups is 1. The SMILES string of the molecule is CC=CC(=O)N1CCCCC(c2ccc(Cl)cc2)C1. The largest absolute Gasteiger partial charge is 0.339 e. The summed E-state index contributed by atoms with van der Waals surface area (Å²) in [6.07, 6.45) is 6.87. The number of hydrogen-bond donors (Lipinski definition) is 0. The van der Waals surface area contributed by atoms with E-state index in [1.54, 1.807) is 6.08 Å². The zero-order valence-electron chi connectivity index (χ0n) is 11.3. The van der Waals surface area contributed by atoms with Crippen LogP contribution in [0.4, 0.5) is 0 Å². The Morgan fingerprint density at radius 3 is 2.74 bits per heavy atom. The molecule has 2 rings (SSSR count). The van der Waals surface area contributed by atoms with Crippen LogP contribution in [0.2, 0.25) is 5.02 Å². The van der Waals surface area contributed by atoms with Gasteiger partial charge in [0.2, 0.25) is 5.91 Å². The van der Waals surface area contributed by atoms with E-state index in [1.165, 1.54) is 12.0 Å². The number of likely N-dealkylation sites (tertiary alicyclic amines) is 1. The van der Waals surface area contributed by atoms with Crippen LogP contribution in [0.5, 0.6) is 0 Å². The summed E-state index contributed by atoms with van der Waals surface area (Å²) in [6.45, 7) is 3.56. The van der Waals surface area contributed by atoms with Gasteiger partial charge < -0.3 is 4.90 Å². The predicted molar refractivity (Wildman–Crippen MR) is 79.4 cm³/mol. The van der Waals surface area contributed by atoms with Gasteiger partial charge in [-0.05, 0) is 43.5 Å². The van der Waals surface area contributed by atoms with E-state index in [2.05, 4.69) is 12.1 Å². The van der Waals surface area contributed by atoms with E-state index in [9.17, 15) is 4.79 Å². The van der Waals surface area contributed by atoms with Crippen LogP contribution in [-0.2, 0) is 4.79 Å². The Morgan fingerprint density at radius 1 is 1.32 bits per heavy atom. The number of nitrogens with zero attached hydrogens (tertiary/aromatic N) is 1. The van der Waals surface area contributed by atoms with E-state index in [1.807, 2.05) is 30.0 Å². The molecule has 0 aromatic heterocycles. The maximum absolute atomic E-state index is 12.0. The Balaban J connectivity index is 2.12. The minimum atomic E-state index is 0.128. The van der Waals surface area contributed by atoms with Gasteiger partial charge in [0, 0.05) is 24.0 Å². The Bertz CT molecular complexity index is 452. The summed E-state index contributed by atoms with van der Waals surface area (Å²) in [4.78, 5) is 14.0. The van der Waals surface area contributed by atoms with Crippen molar-refractivity contribution in [2.75, 3.05) is 13.1 Å². The van der Waals surface area contributed by atoms with E-state index in [0.29, 0.717) is 5.92 Å². The molecule has 102 valence electrons. The second-order valence-electron chi connectivity index (χ2n) is 5.03. The Morgan fingerprint density at radius 2 is 2.05 bits per heavy atom. The van der Waals surface area contributed by atoms with Crippen molar-refractivity contribution >= 4 is 17.5 Å². The number of carbonyl (C=O) groups excluding carboxylic acids is 1. The molecule has 1 saturated heterocycles. The predicted octanol–water partition coefficient (Wildman–Crippen LogP) is 4.01. The first kappa shape index (κ1) is 14.1. The smallest absolute Gasteiger partial charge is 0.246 e. The zero-order chi connectivity index (χ0) is 13.7. The van der Waals surface area contributed by atoms with Crippen molar-refractivity contribution in [1.29, 1.82) is 0 Å². The number of rotatable bonds is 2. The molecule has 1 unspecified atom stereocenters. The molecule has 1 aromatic carbocycles. The fourth-order valence-electron chi connectivity index (χ4n) is 2.60. The van der Waals surface area contributed by atoms with Gasteiger partial charge in [0.25, 0.3) is 0 Å². The maximum atomic E-state index is 12.0. The Hall–Kier alpha value is -1.28. The molecule has 0 spiro atoms. The van der Waals surface area contributed by atoms with E-state index >= 15 is 0 Å². The van der Waals surface area contributed by atoms with Crippen molar-refractivity contribution in [1.82, 2.24) is 4.90 Å². The molecule has 1 amide bonds. The lowest BCUT2D eigenvalue weighted by molar-refractivity contribution is -0.126.